The van der Waals surface area contributed by atoms with E-state index in [1.807, 2.05) is 51.1 Å². The average Bonchev–Trinajstić information content (AvgIpc) is 3.15. The van der Waals surface area contributed by atoms with Crippen LogP contribution in [0.4, 0.5) is 11.4 Å². The van der Waals surface area contributed by atoms with E-state index in [0.29, 0.717) is 31.4 Å². The highest BCUT2D eigenvalue weighted by Gasteiger charge is 2.33. The SMILES string of the molecule is COc1cc(/C=C2\SC(=S)N(c3ccc(C)c(Cl)c3)C2=O)ccc1OCC(=O)Nc1cccc(C)c1C. The number of ether oxygens (including phenoxy) is 2. The molecule has 6 nitrogen and oxygen atoms in total. The van der Waals surface area contributed by atoms with Crippen molar-refractivity contribution in [1.29, 1.82) is 0 Å². The van der Waals surface area contributed by atoms with Crippen molar-refractivity contribution in [2.24, 2.45) is 0 Å². The molecule has 37 heavy (non-hydrogen) atoms. The van der Waals surface area contributed by atoms with Gasteiger partial charge in [0, 0.05) is 10.7 Å². The number of benzene rings is 3. The van der Waals surface area contributed by atoms with Gasteiger partial charge < -0.3 is 14.8 Å². The maximum absolute atomic E-state index is 13.1. The number of rotatable bonds is 7. The van der Waals surface area contributed by atoms with Gasteiger partial charge >= 0.3 is 0 Å². The van der Waals surface area contributed by atoms with E-state index in [-0.39, 0.29) is 18.4 Å². The van der Waals surface area contributed by atoms with Crippen molar-refractivity contribution < 1.29 is 19.1 Å². The summed E-state index contributed by atoms with van der Waals surface area (Å²) in [5, 5.41) is 3.44. The van der Waals surface area contributed by atoms with Gasteiger partial charge in [0.25, 0.3) is 11.8 Å². The van der Waals surface area contributed by atoms with Crippen LogP contribution in [0.2, 0.25) is 5.02 Å². The fourth-order valence-corrected chi connectivity index (χ4v) is 5.15. The Bertz CT molecular complexity index is 1440. The average molecular weight is 553 g/mol. The Kier molecular flexibility index (Phi) is 8.22. The lowest BCUT2D eigenvalue weighted by Crippen LogP contribution is -2.27. The second-order valence-corrected chi connectivity index (χ2v) is 10.5. The highest BCUT2D eigenvalue weighted by atomic mass is 35.5. The summed E-state index contributed by atoms with van der Waals surface area (Å²) < 4.78 is 11.6. The number of thioether (sulfide) groups is 1. The zero-order chi connectivity index (χ0) is 26.7. The largest absolute Gasteiger partial charge is 0.493 e. The summed E-state index contributed by atoms with van der Waals surface area (Å²) in [7, 11) is 1.52. The highest BCUT2D eigenvalue weighted by molar-refractivity contribution is 8.27. The third-order valence-corrected chi connectivity index (χ3v) is 7.64. The molecular formula is C28H25ClN2O4S2. The molecule has 1 N–H and O–H groups in total. The first-order valence-electron chi connectivity index (χ1n) is 11.4. The molecule has 3 aromatic carbocycles. The van der Waals surface area contributed by atoms with Crippen LogP contribution >= 0.6 is 35.6 Å². The quantitative estimate of drug-likeness (QED) is 0.260. The smallest absolute Gasteiger partial charge is 0.270 e. The number of hydrogen-bond donors (Lipinski definition) is 1. The fourth-order valence-electron chi connectivity index (χ4n) is 3.67. The zero-order valence-electron chi connectivity index (χ0n) is 20.8. The summed E-state index contributed by atoms with van der Waals surface area (Å²) in [6, 6.07) is 16.4. The molecule has 0 unspecified atom stereocenters. The van der Waals surface area contributed by atoms with Crippen LogP contribution in [-0.4, -0.2) is 29.9 Å². The number of anilines is 2. The van der Waals surface area contributed by atoms with Gasteiger partial charge in [0.15, 0.2) is 22.4 Å². The van der Waals surface area contributed by atoms with Crippen LogP contribution in [0.1, 0.15) is 22.3 Å². The number of halogens is 1. The first-order valence-corrected chi connectivity index (χ1v) is 13.0. The summed E-state index contributed by atoms with van der Waals surface area (Å²) in [6.07, 6.45) is 1.74. The van der Waals surface area contributed by atoms with E-state index in [0.717, 1.165) is 27.9 Å². The molecule has 1 fully saturated rings. The zero-order valence-corrected chi connectivity index (χ0v) is 23.1. The Morgan fingerprint density at radius 3 is 2.59 bits per heavy atom. The second kappa shape index (κ2) is 11.4. The van der Waals surface area contributed by atoms with Crippen LogP contribution in [0, 0.1) is 20.8 Å². The van der Waals surface area contributed by atoms with Gasteiger partial charge in [-0.2, -0.15) is 0 Å². The molecule has 0 atom stereocenters. The van der Waals surface area contributed by atoms with Crippen molar-refractivity contribution in [2.45, 2.75) is 20.8 Å². The molecule has 9 heteroatoms. The summed E-state index contributed by atoms with van der Waals surface area (Å²) in [5.74, 6) is 0.351. The van der Waals surface area contributed by atoms with Crippen LogP contribution in [0.25, 0.3) is 6.08 Å². The number of methoxy groups -OCH3 is 1. The van der Waals surface area contributed by atoms with Gasteiger partial charge in [0.2, 0.25) is 0 Å². The number of carbonyl (C=O) groups excluding carboxylic acids is 2. The third-order valence-electron chi connectivity index (χ3n) is 5.93. The minimum absolute atomic E-state index is 0.180. The normalized spacial score (nSPS) is 14.3. The standard InChI is InChI=1S/C28H25ClN2O4S2/c1-16-6-5-7-22(18(16)3)30-26(32)15-35-23-11-9-19(12-24(23)34-4)13-25-27(33)31(28(36)37-25)20-10-8-17(2)21(29)14-20/h5-14H,15H2,1-4H3,(H,30,32)/b25-13-. The minimum Gasteiger partial charge on any atom is -0.493 e. The maximum atomic E-state index is 13.1. The van der Waals surface area contributed by atoms with E-state index in [1.54, 1.807) is 30.3 Å². The van der Waals surface area contributed by atoms with Gasteiger partial charge in [-0.05, 0) is 79.4 Å². The van der Waals surface area contributed by atoms with E-state index < -0.39 is 0 Å². The molecule has 1 saturated heterocycles. The molecular weight excluding hydrogens is 528 g/mol. The Hall–Kier alpha value is -3.33. The number of thiocarbonyl (C=S) groups is 1. The molecule has 0 saturated carbocycles. The van der Waals surface area contributed by atoms with Gasteiger partial charge in [-0.15, -0.1) is 0 Å². The van der Waals surface area contributed by atoms with E-state index in [2.05, 4.69) is 5.32 Å². The summed E-state index contributed by atoms with van der Waals surface area (Å²) in [5.41, 5.74) is 5.13. The molecule has 190 valence electrons. The first kappa shape index (κ1) is 26.7. The van der Waals surface area contributed by atoms with Gasteiger partial charge in [0.1, 0.15) is 0 Å². The van der Waals surface area contributed by atoms with Crippen LogP contribution in [0.15, 0.2) is 59.5 Å². The van der Waals surface area contributed by atoms with E-state index >= 15 is 0 Å². The molecule has 0 bridgehead atoms. The molecule has 2 amide bonds. The monoisotopic (exact) mass is 552 g/mol. The molecule has 1 heterocycles. The van der Waals surface area contributed by atoms with E-state index in [1.165, 1.54) is 23.8 Å². The van der Waals surface area contributed by atoms with Crippen LogP contribution in [-0.2, 0) is 9.59 Å². The number of aryl methyl sites for hydroxylation is 2. The molecule has 1 aliphatic rings. The van der Waals surface area contributed by atoms with Crippen molar-refractivity contribution >= 4 is 69.2 Å². The predicted molar refractivity (Wildman–Crippen MR) is 155 cm³/mol. The molecule has 4 rings (SSSR count). The summed E-state index contributed by atoms with van der Waals surface area (Å²) in [4.78, 5) is 27.5. The number of hydrogen-bond acceptors (Lipinski definition) is 6. The maximum Gasteiger partial charge on any atom is 0.270 e. The summed E-state index contributed by atoms with van der Waals surface area (Å²) >= 11 is 12.9. The molecule has 0 spiro atoms. The number of amides is 2. The fraction of sp³-hybridized carbons (Fsp3) is 0.179. The molecule has 1 aliphatic heterocycles. The van der Waals surface area contributed by atoms with Gasteiger partial charge in [-0.3, -0.25) is 14.5 Å². The Morgan fingerprint density at radius 2 is 1.86 bits per heavy atom. The molecule has 3 aromatic rings. The number of nitrogens with one attached hydrogen (secondary N) is 1. The third kappa shape index (κ3) is 5.98. The molecule has 0 aliphatic carbocycles. The predicted octanol–water partition coefficient (Wildman–Crippen LogP) is 6.70. The van der Waals surface area contributed by atoms with Crippen molar-refractivity contribution in [3.63, 3.8) is 0 Å². The minimum atomic E-state index is -0.278. The molecule has 0 radical (unpaired) electrons. The lowest BCUT2D eigenvalue weighted by molar-refractivity contribution is -0.118. The highest BCUT2D eigenvalue weighted by Crippen LogP contribution is 2.38. The molecule has 0 aromatic heterocycles. The van der Waals surface area contributed by atoms with Crippen molar-refractivity contribution in [1.82, 2.24) is 0 Å². The van der Waals surface area contributed by atoms with Crippen molar-refractivity contribution in [3.8, 4) is 11.5 Å². The number of nitrogens with zero attached hydrogens (tertiary/aromatic N) is 1. The number of carbonyl (C=O) groups is 2. The first-order chi connectivity index (χ1) is 17.7. The summed E-state index contributed by atoms with van der Waals surface area (Å²) in [6.45, 7) is 5.66. The van der Waals surface area contributed by atoms with Crippen LogP contribution in [0.5, 0.6) is 11.5 Å². The van der Waals surface area contributed by atoms with Crippen LogP contribution in [0.3, 0.4) is 0 Å². The van der Waals surface area contributed by atoms with Crippen LogP contribution < -0.4 is 19.7 Å². The topological polar surface area (TPSA) is 67.9 Å². The van der Waals surface area contributed by atoms with E-state index in [4.69, 9.17) is 33.3 Å². The van der Waals surface area contributed by atoms with Gasteiger partial charge in [-0.25, -0.2) is 0 Å². The lowest BCUT2D eigenvalue weighted by Gasteiger charge is -2.15. The Labute approximate surface area is 230 Å². The Balaban J connectivity index is 1.46. The Morgan fingerprint density at radius 1 is 1.08 bits per heavy atom. The van der Waals surface area contributed by atoms with Gasteiger partial charge in [0.05, 0.1) is 17.7 Å². The van der Waals surface area contributed by atoms with Gasteiger partial charge in [-0.1, -0.05) is 59.8 Å². The second-order valence-electron chi connectivity index (χ2n) is 8.45. The van der Waals surface area contributed by atoms with E-state index in [9.17, 15) is 9.59 Å². The van der Waals surface area contributed by atoms with Crippen molar-refractivity contribution in [3.05, 3.63) is 86.8 Å². The van der Waals surface area contributed by atoms with Crippen molar-refractivity contribution in [2.75, 3.05) is 23.9 Å². The lowest BCUT2D eigenvalue weighted by atomic mass is 10.1.